The summed E-state index contributed by atoms with van der Waals surface area (Å²) in [7, 11) is 0. The van der Waals surface area contributed by atoms with E-state index >= 15 is 0 Å². The summed E-state index contributed by atoms with van der Waals surface area (Å²) in [5, 5.41) is 11.9. The minimum absolute atomic E-state index is 0.122. The summed E-state index contributed by atoms with van der Waals surface area (Å²) in [6.07, 6.45) is 0.920. The van der Waals surface area contributed by atoms with Crippen LogP contribution < -0.4 is 14.8 Å². The van der Waals surface area contributed by atoms with Crippen molar-refractivity contribution in [2.45, 2.75) is 12.8 Å². The predicted octanol–water partition coefficient (Wildman–Crippen LogP) is 3.51. The van der Waals surface area contributed by atoms with E-state index in [-0.39, 0.29) is 12.7 Å². The molecule has 0 aliphatic carbocycles. The number of hydrogen-bond donors (Lipinski definition) is 1. The zero-order chi connectivity index (χ0) is 16.2. The van der Waals surface area contributed by atoms with Crippen LogP contribution in [0.15, 0.2) is 36.4 Å². The van der Waals surface area contributed by atoms with Gasteiger partial charge in [0.25, 0.3) is 0 Å². The number of carbonyl (C=O) groups excluding carboxylic acids is 1. The lowest BCUT2D eigenvalue weighted by molar-refractivity contribution is -0.116. The second-order valence-electron chi connectivity index (χ2n) is 5.04. The van der Waals surface area contributed by atoms with Crippen LogP contribution in [-0.4, -0.2) is 12.7 Å². The van der Waals surface area contributed by atoms with Crippen molar-refractivity contribution in [2.75, 3.05) is 12.1 Å². The fourth-order valence-electron chi connectivity index (χ4n) is 2.26. The van der Waals surface area contributed by atoms with E-state index in [0.29, 0.717) is 34.9 Å². The zero-order valence-corrected chi connectivity index (χ0v) is 12.9. The van der Waals surface area contributed by atoms with Gasteiger partial charge in [0, 0.05) is 12.1 Å². The Labute approximate surface area is 138 Å². The van der Waals surface area contributed by atoms with Crippen LogP contribution in [0.25, 0.3) is 0 Å². The maximum absolute atomic E-state index is 12.0. The van der Waals surface area contributed by atoms with Gasteiger partial charge in [-0.05, 0) is 42.3 Å². The molecule has 1 heterocycles. The maximum atomic E-state index is 12.0. The van der Waals surface area contributed by atoms with Crippen molar-refractivity contribution in [3.05, 3.63) is 52.5 Å². The van der Waals surface area contributed by atoms with Gasteiger partial charge in [0.2, 0.25) is 12.7 Å². The number of rotatable bonds is 4. The molecule has 1 aliphatic rings. The van der Waals surface area contributed by atoms with Gasteiger partial charge in [0.15, 0.2) is 11.5 Å². The molecule has 0 saturated carbocycles. The monoisotopic (exact) mass is 328 g/mol. The molecule has 6 heteroatoms. The molecule has 0 radical (unpaired) electrons. The van der Waals surface area contributed by atoms with Crippen LogP contribution in [0, 0.1) is 11.3 Å². The van der Waals surface area contributed by atoms with E-state index < -0.39 is 0 Å². The molecule has 23 heavy (non-hydrogen) atoms. The van der Waals surface area contributed by atoms with Crippen LogP contribution in [-0.2, 0) is 11.2 Å². The molecule has 0 spiro atoms. The summed E-state index contributed by atoms with van der Waals surface area (Å²) < 4.78 is 10.6. The van der Waals surface area contributed by atoms with E-state index in [0.717, 1.165) is 11.3 Å². The highest BCUT2D eigenvalue weighted by Gasteiger charge is 2.13. The molecule has 116 valence electrons. The molecule has 1 N–H and O–H groups in total. The normalized spacial score (nSPS) is 11.8. The number of benzene rings is 2. The van der Waals surface area contributed by atoms with Crippen LogP contribution >= 0.6 is 11.6 Å². The van der Waals surface area contributed by atoms with E-state index in [9.17, 15) is 4.79 Å². The number of amides is 1. The van der Waals surface area contributed by atoms with Crippen LogP contribution in [0.1, 0.15) is 17.5 Å². The lowest BCUT2D eigenvalue weighted by Crippen LogP contribution is -2.12. The average Bonchev–Trinajstić information content (AvgIpc) is 3.01. The van der Waals surface area contributed by atoms with Crippen molar-refractivity contribution in [2.24, 2.45) is 0 Å². The highest BCUT2D eigenvalue weighted by atomic mass is 35.5. The highest BCUT2D eigenvalue weighted by Crippen LogP contribution is 2.32. The van der Waals surface area contributed by atoms with Gasteiger partial charge in [-0.2, -0.15) is 5.26 Å². The average molecular weight is 329 g/mol. The second-order valence-corrected chi connectivity index (χ2v) is 5.45. The first-order valence-electron chi connectivity index (χ1n) is 7.04. The van der Waals surface area contributed by atoms with Gasteiger partial charge in [0.1, 0.15) is 6.07 Å². The number of nitriles is 1. The van der Waals surface area contributed by atoms with Crippen molar-refractivity contribution in [3.8, 4) is 17.6 Å². The Kier molecular flexibility index (Phi) is 4.35. The van der Waals surface area contributed by atoms with Crippen LogP contribution in [0.2, 0.25) is 5.02 Å². The molecule has 0 unspecified atom stereocenters. The third-order valence-electron chi connectivity index (χ3n) is 3.45. The summed E-state index contributed by atoms with van der Waals surface area (Å²) >= 11 is 5.94. The lowest BCUT2D eigenvalue weighted by Gasteiger charge is -2.07. The largest absolute Gasteiger partial charge is 0.454 e. The topological polar surface area (TPSA) is 71.4 Å². The molecule has 0 fully saturated rings. The fourth-order valence-corrected chi connectivity index (χ4v) is 2.48. The van der Waals surface area contributed by atoms with Crippen molar-refractivity contribution in [1.29, 1.82) is 5.26 Å². The highest BCUT2D eigenvalue weighted by molar-refractivity contribution is 6.32. The van der Waals surface area contributed by atoms with Crippen molar-refractivity contribution < 1.29 is 14.3 Å². The predicted molar refractivity (Wildman–Crippen MR) is 85.7 cm³/mol. The van der Waals surface area contributed by atoms with Crippen molar-refractivity contribution >= 4 is 23.2 Å². The van der Waals surface area contributed by atoms with Crippen molar-refractivity contribution in [3.63, 3.8) is 0 Å². The van der Waals surface area contributed by atoms with Crippen LogP contribution in [0.3, 0.4) is 0 Å². The smallest absolute Gasteiger partial charge is 0.231 e. The minimum Gasteiger partial charge on any atom is -0.454 e. The Bertz CT molecular complexity index is 799. The van der Waals surface area contributed by atoms with Crippen LogP contribution in [0.5, 0.6) is 11.5 Å². The number of carbonyl (C=O) groups is 1. The first-order valence-corrected chi connectivity index (χ1v) is 7.41. The molecule has 2 aromatic carbocycles. The Morgan fingerprint density at radius 3 is 2.83 bits per heavy atom. The quantitative estimate of drug-likeness (QED) is 0.932. The zero-order valence-electron chi connectivity index (χ0n) is 12.1. The Balaban J connectivity index is 1.57. The van der Waals surface area contributed by atoms with E-state index in [4.69, 9.17) is 26.3 Å². The molecule has 0 atom stereocenters. The molecule has 0 bridgehead atoms. The van der Waals surface area contributed by atoms with Crippen molar-refractivity contribution in [1.82, 2.24) is 0 Å². The molecule has 1 amide bonds. The Hall–Kier alpha value is -2.71. The molecule has 0 saturated heterocycles. The molecular formula is C17H13ClN2O3. The number of hydrogen-bond acceptors (Lipinski definition) is 4. The first kappa shape index (κ1) is 15.2. The number of nitrogens with zero attached hydrogens (tertiary/aromatic N) is 1. The summed E-state index contributed by atoms with van der Waals surface area (Å²) in [6.45, 7) is 0.235. The van der Waals surface area contributed by atoms with E-state index in [1.54, 1.807) is 18.2 Å². The number of nitrogens with one attached hydrogen (secondary N) is 1. The number of fused-ring (bicyclic) bond motifs is 1. The van der Waals surface area contributed by atoms with Gasteiger partial charge in [-0.3, -0.25) is 4.79 Å². The van der Waals surface area contributed by atoms with Gasteiger partial charge < -0.3 is 14.8 Å². The van der Waals surface area contributed by atoms with E-state index in [1.165, 1.54) is 0 Å². The van der Waals surface area contributed by atoms with Gasteiger partial charge in [-0.15, -0.1) is 0 Å². The summed E-state index contributed by atoms with van der Waals surface area (Å²) in [5.41, 5.74) is 1.96. The van der Waals surface area contributed by atoms with E-state index in [1.807, 2.05) is 24.3 Å². The van der Waals surface area contributed by atoms with E-state index in [2.05, 4.69) is 5.32 Å². The molecule has 3 rings (SSSR count). The number of ether oxygens (including phenoxy) is 2. The standard InChI is InChI=1S/C17H13ClN2O3/c18-14-8-13(4-3-12(14)9-19)20-17(21)6-2-11-1-5-15-16(7-11)23-10-22-15/h1,3-5,7-8H,2,6,10H2,(H,20,21). The molecule has 1 aliphatic heterocycles. The Morgan fingerprint density at radius 2 is 2.04 bits per heavy atom. The van der Waals surface area contributed by atoms with Gasteiger partial charge in [-0.25, -0.2) is 0 Å². The van der Waals surface area contributed by atoms with Gasteiger partial charge in [-0.1, -0.05) is 17.7 Å². The molecule has 0 aromatic heterocycles. The third kappa shape index (κ3) is 3.55. The molecular weight excluding hydrogens is 316 g/mol. The first-order chi connectivity index (χ1) is 11.2. The van der Waals surface area contributed by atoms with Crippen LogP contribution in [0.4, 0.5) is 5.69 Å². The molecule has 2 aromatic rings. The lowest BCUT2D eigenvalue weighted by atomic mass is 10.1. The van der Waals surface area contributed by atoms with Gasteiger partial charge >= 0.3 is 0 Å². The number of aryl methyl sites for hydroxylation is 1. The fraction of sp³-hybridized carbons (Fsp3) is 0.176. The maximum Gasteiger partial charge on any atom is 0.231 e. The number of anilines is 1. The summed E-state index contributed by atoms with van der Waals surface area (Å²) in [5.74, 6) is 1.32. The SMILES string of the molecule is N#Cc1ccc(NC(=O)CCc2ccc3c(c2)OCO3)cc1Cl. The van der Waals surface area contributed by atoms with Gasteiger partial charge in [0.05, 0.1) is 10.6 Å². The second kappa shape index (κ2) is 6.59. The summed E-state index contributed by atoms with van der Waals surface area (Å²) in [4.78, 5) is 12.0. The minimum atomic E-state index is -0.122. The molecule has 5 nitrogen and oxygen atoms in total. The summed E-state index contributed by atoms with van der Waals surface area (Å²) in [6, 6.07) is 12.4. The third-order valence-corrected chi connectivity index (χ3v) is 3.76. The Morgan fingerprint density at radius 1 is 1.22 bits per heavy atom. The number of halogens is 1.